The molecular formula is C13H16INO3. The van der Waals surface area contributed by atoms with Gasteiger partial charge in [-0.3, -0.25) is 9.59 Å². The molecule has 0 fully saturated rings. The van der Waals surface area contributed by atoms with Gasteiger partial charge in [0.2, 0.25) is 5.91 Å². The van der Waals surface area contributed by atoms with Gasteiger partial charge >= 0.3 is 5.97 Å². The van der Waals surface area contributed by atoms with Crippen LogP contribution in [0.1, 0.15) is 25.3 Å². The van der Waals surface area contributed by atoms with Crippen LogP contribution in [0.15, 0.2) is 24.3 Å². The SMILES string of the molecule is C[C@H](NC(=O)CCCc1ccc(I)cc1)C(=O)O. The lowest BCUT2D eigenvalue weighted by Crippen LogP contribution is -2.38. The van der Waals surface area contributed by atoms with E-state index in [1.807, 2.05) is 24.3 Å². The molecule has 98 valence electrons. The molecule has 5 heteroatoms. The van der Waals surface area contributed by atoms with E-state index >= 15 is 0 Å². The van der Waals surface area contributed by atoms with Gasteiger partial charge in [-0.1, -0.05) is 12.1 Å². The second-order valence-electron chi connectivity index (χ2n) is 4.11. The molecule has 0 saturated carbocycles. The third-order valence-electron chi connectivity index (χ3n) is 2.53. The molecule has 1 atom stereocenters. The van der Waals surface area contributed by atoms with Gasteiger partial charge in [0.1, 0.15) is 6.04 Å². The summed E-state index contributed by atoms with van der Waals surface area (Å²) in [4.78, 5) is 22.0. The van der Waals surface area contributed by atoms with Crippen LogP contribution in [-0.2, 0) is 16.0 Å². The molecule has 0 saturated heterocycles. The van der Waals surface area contributed by atoms with E-state index in [-0.39, 0.29) is 5.91 Å². The lowest BCUT2D eigenvalue weighted by Gasteiger charge is -2.08. The fourth-order valence-corrected chi connectivity index (χ4v) is 1.84. The summed E-state index contributed by atoms with van der Waals surface area (Å²) in [7, 11) is 0. The lowest BCUT2D eigenvalue weighted by atomic mass is 10.1. The average Bonchev–Trinajstić information content (AvgIpc) is 2.31. The second-order valence-corrected chi connectivity index (χ2v) is 5.35. The van der Waals surface area contributed by atoms with Crippen LogP contribution in [0, 0.1) is 3.57 Å². The van der Waals surface area contributed by atoms with E-state index in [0.717, 1.165) is 12.8 Å². The molecule has 1 amide bonds. The fraction of sp³-hybridized carbons (Fsp3) is 0.385. The van der Waals surface area contributed by atoms with Crippen LogP contribution < -0.4 is 5.32 Å². The van der Waals surface area contributed by atoms with Crippen molar-refractivity contribution >= 4 is 34.5 Å². The third-order valence-corrected chi connectivity index (χ3v) is 3.25. The van der Waals surface area contributed by atoms with Gasteiger partial charge < -0.3 is 10.4 Å². The summed E-state index contributed by atoms with van der Waals surface area (Å²) in [5, 5.41) is 11.1. The van der Waals surface area contributed by atoms with Crippen LogP contribution in [0.3, 0.4) is 0 Å². The molecule has 0 unspecified atom stereocenters. The highest BCUT2D eigenvalue weighted by Crippen LogP contribution is 2.09. The third kappa shape index (κ3) is 5.48. The Bertz CT molecular complexity index is 417. The van der Waals surface area contributed by atoms with Crippen molar-refractivity contribution in [1.29, 1.82) is 0 Å². The number of carboxylic acid groups (broad SMARTS) is 1. The van der Waals surface area contributed by atoms with E-state index in [1.54, 1.807) is 0 Å². The van der Waals surface area contributed by atoms with Crippen molar-refractivity contribution in [3.05, 3.63) is 33.4 Å². The first-order valence-corrected chi connectivity index (χ1v) is 6.83. The second kappa shape index (κ2) is 7.35. The smallest absolute Gasteiger partial charge is 0.325 e. The Morgan fingerprint density at radius 3 is 2.50 bits per heavy atom. The van der Waals surface area contributed by atoms with Crippen LogP contribution in [0.2, 0.25) is 0 Å². The number of carbonyl (C=O) groups excluding carboxylic acids is 1. The normalized spacial score (nSPS) is 11.9. The van der Waals surface area contributed by atoms with Crippen molar-refractivity contribution < 1.29 is 14.7 Å². The highest BCUT2D eigenvalue weighted by atomic mass is 127. The zero-order valence-corrected chi connectivity index (χ0v) is 12.3. The minimum absolute atomic E-state index is 0.213. The topological polar surface area (TPSA) is 66.4 Å². The van der Waals surface area contributed by atoms with Crippen molar-refractivity contribution in [3.63, 3.8) is 0 Å². The predicted octanol–water partition coefficient (Wildman–Crippen LogP) is 2.20. The number of amides is 1. The summed E-state index contributed by atoms with van der Waals surface area (Å²) in [6.45, 7) is 1.46. The van der Waals surface area contributed by atoms with Gasteiger partial charge in [0.25, 0.3) is 0 Å². The van der Waals surface area contributed by atoms with Gasteiger partial charge in [-0.25, -0.2) is 0 Å². The Morgan fingerprint density at radius 1 is 1.33 bits per heavy atom. The van der Waals surface area contributed by atoms with Gasteiger partial charge in [0.15, 0.2) is 0 Å². The molecule has 18 heavy (non-hydrogen) atoms. The molecule has 1 aromatic rings. The summed E-state index contributed by atoms with van der Waals surface area (Å²) >= 11 is 2.24. The molecule has 0 bridgehead atoms. The summed E-state index contributed by atoms with van der Waals surface area (Å²) < 4.78 is 1.18. The molecule has 0 aliphatic rings. The van der Waals surface area contributed by atoms with Crippen LogP contribution in [0.5, 0.6) is 0 Å². The Labute approximate surface area is 120 Å². The molecule has 1 rings (SSSR count). The first-order valence-electron chi connectivity index (χ1n) is 5.75. The number of halogens is 1. The maximum absolute atomic E-state index is 11.4. The number of nitrogens with one attached hydrogen (secondary N) is 1. The van der Waals surface area contributed by atoms with Crippen molar-refractivity contribution in [2.24, 2.45) is 0 Å². The molecule has 0 spiro atoms. The fourth-order valence-electron chi connectivity index (χ4n) is 1.48. The van der Waals surface area contributed by atoms with Crippen molar-refractivity contribution in [3.8, 4) is 0 Å². The van der Waals surface area contributed by atoms with E-state index < -0.39 is 12.0 Å². The molecule has 0 heterocycles. The maximum atomic E-state index is 11.4. The number of benzene rings is 1. The molecule has 2 N–H and O–H groups in total. The first kappa shape index (κ1) is 14.9. The Kier molecular flexibility index (Phi) is 6.11. The standard InChI is InChI=1S/C13H16INO3/c1-9(13(17)18)15-12(16)4-2-3-10-5-7-11(14)8-6-10/h5-9H,2-4H2,1H3,(H,15,16)(H,17,18)/t9-/m0/s1. The quantitative estimate of drug-likeness (QED) is 0.764. The molecule has 4 nitrogen and oxygen atoms in total. The van der Waals surface area contributed by atoms with Crippen molar-refractivity contribution in [1.82, 2.24) is 5.32 Å². The minimum Gasteiger partial charge on any atom is -0.480 e. The number of hydrogen-bond donors (Lipinski definition) is 2. The van der Waals surface area contributed by atoms with E-state index in [2.05, 4.69) is 27.9 Å². The van der Waals surface area contributed by atoms with E-state index in [4.69, 9.17) is 5.11 Å². The Hall–Kier alpha value is -1.11. The van der Waals surface area contributed by atoms with E-state index in [9.17, 15) is 9.59 Å². The monoisotopic (exact) mass is 361 g/mol. The maximum Gasteiger partial charge on any atom is 0.325 e. The molecule has 0 aromatic heterocycles. The molecule has 0 radical (unpaired) electrons. The highest BCUT2D eigenvalue weighted by Gasteiger charge is 2.13. The number of aryl methyl sites for hydroxylation is 1. The van der Waals surface area contributed by atoms with Crippen LogP contribution >= 0.6 is 22.6 Å². The molecule has 0 aliphatic carbocycles. The highest BCUT2D eigenvalue weighted by molar-refractivity contribution is 14.1. The number of carbonyl (C=O) groups is 2. The zero-order chi connectivity index (χ0) is 13.5. The molecule has 1 aromatic carbocycles. The molecule has 0 aliphatic heterocycles. The lowest BCUT2D eigenvalue weighted by molar-refractivity contribution is -0.141. The van der Waals surface area contributed by atoms with E-state index in [0.29, 0.717) is 6.42 Å². The largest absolute Gasteiger partial charge is 0.480 e. The van der Waals surface area contributed by atoms with Crippen LogP contribution in [0.4, 0.5) is 0 Å². The average molecular weight is 361 g/mol. The summed E-state index contributed by atoms with van der Waals surface area (Å²) in [6.07, 6.45) is 1.90. The van der Waals surface area contributed by atoms with Crippen LogP contribution in [0.25, 0.3) is 0 Å². The number of hydrogen-bond acceptors (Lipinski definition) is 2. The van der Waals surface area contributed by atoms with Gasteiger partial charge in [-0.2, -0.15) is 0 Å². The van der Waals surface area contributed by atoms with Crippen molar-refractivity contribution in [2.45, 2.75) is 32.2 Å². The Morgan fingerprint density at radius 2 is 1.94 bits per heavy atom. The first-order chi connectivity index (χ1) is 8.49. The van der Waals surface area contributed by atoms with Gasteiger partial charge in [0.05, 0.1) is 0 Å². The van der Waals surface area contributed by atoms with E-state index in [1.165, 1.54) is 16.1 Å². The number of aliphatic carboxylic acids is 1. The summed E-state index contributed by atoms with van der Waals surface area (Å²) in [5.74, 6) is -1.23. The minimum atomic E-state index is -1.01. The van der Waals surface area contributed by atoms with Crippen molar-refractivity contribution in [2.75, 3.05) is 0 Å². The summed E-state index contributed by atoms with van der Waals surface area (Å²) in [6, 6.07) is 7.32. The zero-order valence-electron chi connectivity index (χ0n) is 10.1. The van der Waals surface area contributed by atoms with Gasteiger partial charge in [-0.05, 0) is 60.1 Å². The predicted molar refractivity (Wildman–Crippen MR) is 77.3 cm³/mol. The van der Waals surface area contributed by atoms with Gasteiger partial charge in [0, 0.05) is 9.99 Å². The molecular weight excluding hydrogens is 345 g/mol. The van der Waals surface area contributed by atoms with Crippen LogP contribution in [-0.4, -0.2) is 23.0 Å². The Balaban J connectivity index is 2.27. The summed E-state index contributed by atoms with van der Waals surface area (Å²) in [5.41, 5.74) is 1.19. The van der Waals surface area contributed by atoms with Gasteiger partial charge in [-0.15, -0.1) is 0 Å². The number of rotatable bonds is 6. The number of carboxylic acids is 1.